The summed E-state index contributed by atoms with van der Waals surface area (Å²) in [6.45, 7) is 0. The van der Waals surface area contributed by atoms with Gasteiger partial charge in [-0.25, -0.2) is 0 Å². The third-order valence-corrected chi connectivity index (χ3v) is 2.48. The van der Waals surface area contributed by atoms with Gasteiger partial charge in [-0.1, -0.05) is 33.2 Å². The van der Waals surface area contributed by atoms with Crippen molar-refractivity contribution in [2.24, 2.45) is 5.11 Å². The fourth-order valence-electron chi connectivity index (χ4n) is 1.36. The summed E-state index contributed by atoms with van der Waals surface area (Å²) in [7, 11) is 0. The van der Waals surface area contributed by atoms with Gasteiger partial charge in [0.15, 0.2) is 0 Å². The van der Waals surface area contributed by atoms with E-state index in [2.05, 4.69) is 26.0 Å². The zero-order valence-electron chi connectivity index (χ0n) is 8.38. The fraction of sp³-hybridized carbons (Fsp3) is 0.300. The topological polar surface area (TPSA) is 86.1 Å². The van der Waals surface area contributed by atoms with Crippen LogP contribution in [0.3, 0.4) is 0 Å². The molecule has 0 radical (unpaired) electrons. The van der Waals surface area contributed by atoms with Crippen LogP contribution < -0.4 is 0 Å². The summed E-state index contributed by atoms with van der Waals surface area (Å²) in [4.78, 5) is 13.2. The molecule has 0 aliphatic heterocycles. The number of carboxylic acid groups (broad SMARTS) is 1. The molecule has 1 aromatic carbocycles. The monoisotopic (exact) mass is 283 g/mol. The maximum atomic E-state index is 10.5. The van der Waals surface area contributed by atoms with E-state index >= 15 is 0 Å². The van der Waals surface area contributed by atoms with Crippen LogP contribution in [-0.2, 0) is 11.2 Å². The third-order valence-electron chi connectivity index (χ3n) is 1.99. The number of carboxylic acids is 1. The van der Waals surface area contributed by atoms with Crippen LogP contribution in [0.25, 0.3) is 10.4 Å². The van der Waals surface area contributed by atoms with Crippen molar-refractivity contribution in [1.82, 2.24) is 0 Å². The van der Waals surface area contributed by atoms with Gasteiger partial charge in [-0.15, -0.1) is 0 Å². The zero-order valence-corrected chi connectivity index (χ0v) is 9.96. The number of aliphatic carboxylic acids is 1. The van der Waals surface area contributed by atoms with Crippen molar-refractivity contribution in [1.29, 1.82) is 0 Å². The van der Waals surface area contributed by atoms with Crippen LogP contribution in [0.4, 0.5) is 0 Å². The number of azide groups is 1. The molecule has 0 saturated carbocycles. The molecule has 0 amide bonds. The van der Waals surface area contributed by atoms with Gasteiger partial charge in [-0.05, 0) is 29.6 Å². The summed E-state index contributed by atoms with van der Waals surface area (Å²) in [6, 6.07) is 6.93. The third kappa shape index (κ3) is 4.33. The van der Waals surface area contributed by atoms with E-state index in [0.717, 1.165) is 10.0 Å². The first kappa shape index (κ1) is 12.5. The Labute approximate surface area is 101 Å². The molecule has 84 valence electrons. The highest BCUT2D eigenvalue weighted by molar-refractivity contribution is 9.10. The van der Waals surface area contributed by atoms with Crippen molar-refractivity contribution in [3.8, 4) is 0 Å². The average Bonchev–Trinajstić information content (AvgIpc) is 2.16. The van der Waals surface area contributed by atoms with Crippen molar-refractivity contribution in [3.63, 3.8) is 0 Å². The standard InChI is InChI=1S/C10H10BrN3O2/c11-8-3-1-2-7(4-8)5-9(13-14-12)6-10(15)16/h1-4,9H,5-6H2,(H,15,16)/t9-/m1/s1. The van der Waals surface area contributed by atoms with Crippen molar-refractivity contribution >= 4 is 21.9 Å². The molecule has 1 aromatic rings. The van der Waals surface area contributed by atoms with Gasteiger partial charge in [0.1, 0.15) is 0 Å². The molecule has 0 bridgehead atoms. The van der Waals surface area contributed by atoms with E-state index in [1.165, 1.54) is 0 Å². The lowest BCUT2D eigenvalue weighted by Gasteiger charge is -2.08. The lowest BCUT2D eigenvalue weighted by Crippen LogP contribution is -2.13. The Bertz CT molecular complexity index is 430. The Morgan fingerprint density at radius 2 is 2.38 bits per heavy atom. The first-order chi connectivity index (χ1) is 7.61. The van der Waals surface area contributed by atoms with Crippen LogP contribution in [0.5, 0.6) is 0 Å². The maximum Gasteiger partial charge on any atom is 0.303 e. The lowest BCUT2D eigenvalue weighted by molar-refractivity contribution is -0.137. The highest BCUT2D eigenvalue weighted by atomic mass is 79.9. The fourth-order valence-corrected chi connectivity index (χ4v) is 1.81. The minimum Gasteiger partial charge on any atom is -0.481 e. The van der Waals surface area contributed by atoms with Crippen molar-refractivity contribution in [3.05, 3.63) is 44.7 Å². The van der Waals surface area contributed by atoms with Crippen LogP contribution in [0.2, 0.25) is 0 Å². The molecular weight excluding hydrogens is 274 g/mol. The van der Waals surface area contributed by atoms with Gasteiger partial charge in [0, 0.05) is 9.38 Å². The second kappa shape index (κ2) is 6.15. The van der Waals surface area contributed by atoms with Gasteiger partial charge in [0.05, 0.1) is 12.5 Å². The van der Waals surface area contributed by atoms with E-state index in [1.807, 2.05) is 24.3 Å². The molecule has 0 fully saturated rings. The normalized spacial score (nSPS) is 11.6. The molecular formula is C10H10BrN3O2. The van der Waals surface area contributed by atoms with E-state index in [4.69, 9.17) is 10.6 Å². The number of nitrogens with zero attached hydrogens (tertiary/aromatic N) is 3. The maximum absolute atomic E-state index is 10.5. The summed E-state index contributed by atoms with van der Waals surface area (Å²) in [5.74, 6) is -0.965. The van der Waals surface area contributed by atoms with E-state index in [1.54, 1.807) is 0 Å². The summed E-state index contributed by atoms with van der Waals surface area (Å²) >= 11 is 3.32. The number of rotatable bonds is 5. The molecule has 16 heavy (non-hydrogen) atoms. The van der Waals surface area contributed by atoms with E-state index in [9.17, 15) is 4.79 Å². The first-order valence-electron chi connectivity index (χ1n) is 4.62. The minimum absolute atomic E-state index is 0.156. The Balaban J connectivity index is 2.75. The minimum atomic E-state index is -0.965. The molecule has 0 unspecified atom stereocenters. The molecule has 0 aromatic heterocycles. The van der Waals surface area contributed by atoms with Crippen LogP contribution in [0.15, 0.2) is 33.9 Å². The SMILES string of the molecule is [N-]=[N+]=N[C@@H](CC(=O)O)Cc1cccc(Br)c1. The van der Waals surface area contributed by atoms with Crippen molar-refractivity contribution in [2.45, 2.75) is 18.9 Å². The molecule has 1 rings (SSSR count). The van der Waals surface area contributed by atoms with Gasteiger partial charge in [-0.3, -0.25) is 4.79 Å². The average molecular weight is 284 g/mol. The largest absolute Gasteiger partial charge is 0.481 e. The highest BCUT2D eigenvalue weighted by Crippen LogP contribution is 2.15. The number of carbonyl (C=O) groups is 1. The van der Waals surface area contributed by atoms with Gasteiger partial charge in [0.25, 0.3) is 0 Å². The van der Waals surface area contributed by atoms with Crippen LogP contribution >= 0.6 is 15.9 Å². The molecule has 6 heteroatoms. The molecule has 0 saturated heterocycles. The van der Waals surface area contributed by atoms with Gasteiger partial charge >= 0.3 is 5.97 Å². The second-order valence-corrected chi connectivity index (χ2v) is 4.21. The van der Waals surface area contributed by atoms with E-state index in [0.29, 0.717) is 6.42 Å². The molecule has 0 spiro atoms. The van der Waals surface area contributed by atoms with Gasteiger partial charge in [-0.2, -0.15) is 0 Å². The van der Waals surface area contributed by atoms with Crippen LogP contribution in [0, 0.1) is 0 Å². The molecule has 1 atom stereocenters. The molecule has 1 N–H and O–H groups in total. The first-order valence-corrected chi connectivity index (χ1v) is 5.41. The number of halogens is 1. The smallest absolute Gasteiger partial charge is 0.303 e. The Hall–Kier alpha value is -1.52. The molecule has 0 aliphatic rings. The number of benzene rings is 1. The predicted octanol–water partition coefficient (Wildman–Crippen LogP) is 3.15. The highest BCUT2D eigenvalue weighted by Gasteiger charge is 2.12. The Kier molecular flexibility index (Phi) is 4.82. The van der Waals surface area contributed by atoms with E-state index < -0.39 is 12.0 Å². The molecule has 0 aliphatic carbocycles. The number of hydrogen-bond donors (Lipinski definition) is 1. The van der Waals surface area contributed by atoms with Gasteiger partial charge in [0.2, 0.25) is 0 Å². The Morgan fingerprint density at radius 3 is 2.94 bits per heavy atom. The summed E-state index contributed by atoms with van der Waals surface area (Å²) in [5, 5.41) is 12.1. The zero-order chi connectivity index (χ0) is 12.0. The van der Waals surface area contributed by atoms with Gasteiger partial charge < -0.3 is 5.11 Å². The van der Waals surface area contributed by atoms with Crippen LogP contribution in [0.1, 0.15) is 12.0 Å². The summed E-state index contributed by atoms with van der Waals surface area (Å²) in [5.41, 5.74) is 9.28. The Morgan fingerprint density at radius 1 is 1.62 bits per heavy atom. The van der Waals surface area contributed by atoms with E-state index in [-0.39, 0.29) is 6.42 Å². The second-order valence-electron chi connectivity index (χ2n) is 3.29. The lowest BCUT2D eigenvalue weighted by atomic mass is 10.0. The predicted molar refractivity (Wildman–Crippen MR) is 63.0 cm³/mol. The molecule has 0 heterocycles. The van der Waals surface area contributed by atoms with Crippen LogP contribution in [-0.4, -0.2) is 17.1 Å². The summed E-state index contributed by atoms with van der Waals surface area (Å²) < 4.78 is 0.917. The summed E-state index contributed by atoms with van der Waals surface area (Å²) in [6.07, 6.45) is 0.270. The van der Waals surface area contributed by atoms with Crippen molar-refractivity contribution in [2.75, 3.05) is 0 Å². The van der Waals surface area contributed by atoms with Crippen molar-refractivity contribution < 1.29 is 9.90 Å². The molecule has 5 nitrogen and oxygen atoms in total. The number of hydrogen-bond acceptors (Lipinski definition) is 2. The quantitative estimate of drug-likeness (QED) is 0.511.